The number of terminal acetylenes is 1. The molecule has 1 amide bonds. The van der Waals surface area contributed by atoms with Gasteiger partial charge in [0.15, 0.2) is 5.96 Å². The predicted octanol–water partition coefficient (Wildman–Crippen LogP) is -1.03. The van der Waals surface area contributed by atoms with Crippen LogP contribution < -0.4 is 11.5 Å². The third-order valence-electron chi connectivity index (χ3n) is 2.90. The number of amides is 1. The van der Waals surface area contributed by atoms with Gasteiger partial charge in [-0.2, -0.15) is 0 Å². The second-order valence-corrected chi connectivity index (χ2v) is 4.40. The van der Waals surface area contributed by atoms with Gasteiger partial charge in [0.2, 0.25) is 5.91 Å². The number of rotatable bonds is 5. The first-order chi connectivity index (χ1) is 8.95. The molecule has 1 fully saturated rings. The molecule has 1 aliphatic rings. The van der Waals surface area contributed by atoms with Gasteiger partial charge in [-0.1, -0.05) is 0 Å². The van der Waals surface area contributed by atoms with E-state index in [1.54, 1.807) is 0 Å². The molecule has 1 saturated heterocycles. The maximum Gasteiger partial charge on any atom is 0.320 e. The Hall–Kier alpha value is -2.07. The van der Waals surface area contributed by atoms with Crippen LogP contribution in [-0.4, -0.2) is 47.0 Å². The summed E-state index contributed by atoms with van der Waals surface area (Å²) in [5.74, 6) is 1.36. The van der Waals surface area contributed by atoms with Gasteiger partial charge in [0.1, 0.15) is 6.04 Å². The van der Waals surface area contributed by atoms with Crippen molar-refractivity contribution in [2.45, 2.75) is 25.3 Å². The number of likely N-dealkylation sites (tertiary alicyclic amines) is 1. The number of carbonyl (C=O) groups excluding carboxylic acids is 1. The average molecular weight is 266 g/mol. The van der Waals surface area contributed by atoms with Gasteiger partial charge in [-0.3, -0.25) is 19.5 Å². The number of guanidine groups is 1. The molecular weight excluding hydrogens is 248 g/mol. The zero-order valence-electron chi connectivity index (χ0n) is 10.6. The van der Waals surface area contributed by atoms with Crippen molar-refractivity contribution < 1.29 is 14.7 Å². The van der Waals surface area contributed by atoms with E-state index < -0.39 is 12.0 Å². The van der Waals surface area contributed by atoms with Crippen LogP contribution in [0.2, 0.25) is 0 Å². The Kier molecular flexibility index (Phi) is 5.33. The lowest BCUT2D eigenvalue weighted by Crippen LogP contribution is -2.38. The first kappa shape index (κ1) is 15.0. The SMILES string of the molecule is C#CC1CC(=O)N(C(N)=NCCC[C@H](N)C(=O)O)C1. The first-order valence-corrected chi connectivity index (χ1v) is 6.00. The third-order valence-corrected chi connectivity index (χ3v) is 2.90. The molecule has 1 heterocycles. The Morgan fingerprint density at radius 3 is 2.89 bits per heavy atom. The van der Waals surface area contributed by atoms with E-state index in [0.717, 1.165) is 0 Å². The highest BCUT2D eigenvalue weighted by atomic mass is 16.4. The number of aliphatic imine (C=N–C) groups is 1. The van der Waals surface area contributed by atoms with E-state index in [1.807, 2.05) is 0 Å². The van der Waals surface area contributed by atoms with Crippen LogP contribution >= 0.6 is 0 Å². The minimum absolute atomic E-state index is 0.123. The van der Waals surface area contributed by atoms with Crippen LogP contribution in [0.15, 0.2) is 4.99 Å². The van der Waals surface area contributed by atoms with E-state index in [9.17, 15) is 9.59 Å². The summed E-state index contributed by atoms with van der Waals surface area (Å²) in [6.07, 6.45) is 6.36. The molecule has 7 heteroatoms. The Bertz CT molecular complexity index is 427. The smallest absolute Gasteiger partial charge is 0.320 e. The number of carboxylic acid groups (broad SMARTS) is 1. The number of hydrogen-bond acceptors (Lipinski definition) is 4. The van der Waals surface area contributed by atoms with Gasteiger partial charge < -0.3 is 16.6 Å². The summed E-state index contributed by atoms with van der Waals surface area (Å²) in [4.78, 5) is 27.5. The Balaban J connectivity index is 2.39. The van der Waals surface area contributed by atoms with E-state index in [2.05, 4.69) is 10.9 Å². The van der Waals surface area contributed by atoms with Gasteiger partial charge in [0.05, 0.1) is 0 Å². The molecule has 104 valence electrons. The summed E-state index contributed by atoms with van der Waals surface area (Å²) in [6.45, 7) is 0.719. The first-order valence-electron chi connectivity index (χ1n) is 6.00. The normalized spacial score (nSPS) is 21.3. The van der Waals surface area contributed by atoms with Gasteiger partial charge >= 0.3 is 5.97 Å². The van der Waals surface area contributed by atoms with Crippen LogP contribution in [0.4, 0.5) is 0 Å². The van der Waals surface area contributed by atoms with Crippen LogP contribution in [0.25, 0.3) is 0 Å². The molecule has 0 aliphatic carbocycles. The summed E-state index contributed by atoms with van der Waals surface area (Å²) in [5, 5.41) is 8.60. The minimum atomic E-state index is -1.04. The molecule has 0 radical (unpaired) electrons. The van der Waals surface area contributed by atoms with Crippen LogP contribution in [-0.2, 0) is 9.59 Å². The molecule has 0 bridgehead atoms. The van der Waals surface area contributed by atoms with Gasteiger partial charge in [-0.25, -0.2) is 0 Å². The van der Waals surface area contributed by atoms with E-state index in [1.165, 1.54) is 4.90 Å². The molecule has 0 aromatic rings. The molecule has 2 atom stereocenters. The average Bonchev–Trinajstić information content (AvgIpc) is 2.75. The summed E-state index contributed by atoms with van der Waals surface area (Å²) in [6, 6.07) is -0.893. The Morgan fingerprint density at radius 2 is 2.37 bits per heavy atom. The molecule has 0 saturated carbocycles. The fraction of sp³-hybridized carbons (Fsp3) is 0.583. The van der Waals surface area contributed by atoms with Gasteiger partial charge in [-0.15, -0.1) is 12.3 Å². The van der Waals surface area contributed by atoms with E-state index in [0.29, 0.717) is 25.9 Å². The van der Waals surface area contributed by atoms with Crippen molar-refractivity contribution >= 4 is 17.8 Å². The van der Waals surface area contributed by atoms with Gasteiger partial charge in [-0.05, 0) is 12.8 Å². The largest absolute Gasteiger partial charge is 0.480 e. The molecule has 1 unspecified atom stereocenters. The summed E-state index contributed by atoms with van der Waals surface area (Å²) >= 11 is 0. The van der Waals surface area contributed by atoms with Crippen molar-refractivity contribution in [3.63, 3.8) is 0 Å². The number of aliphatic carboxylic acids is 1. The van der Waals surface area contributed by atoms with Gasteiger partial charge in [0, 0.05) is 25.4 Å². The maximum atomic E-state index is 11.6. The highest BCUT2D eigenvalue weighted by Crippen LogP contribution is 2.16. The minimum Gasteiger partial charge on any atom is -0.480 e. The van der Waals surface area contributed by atoms with Crippen molar-refractivity contribution in [3.05, 3.63) is 0 Å². The molecule has 0 aromatic heterocycles. The van der Waals surface area contributed by atoms with Crippen molar-refractivity contribution in [1.29, 1.82) is 0 Å². The fourth-order valence-corrected chi connectivity index (χ4v) is 1.75. The van der Waals surface area contributed by atoms with Crippen LogP contribution in [0.1, 0.15) is 19.3 Å². The van der Waals surface area contributed by atoms with E-state index >= 15 is 0 Å². The lowest BCUT2D eigenvalue weighted by molar-refractivity contribution is -0.138. The molecule has 1 aliphatic heterocycles. The van der Waals surface area contributed by atoms with Crippen molar-refractivity contribution in [1.82, 2.24) is 4.90 Å². The fourth-order valence-electron chi connectivity index (χ4n) is 1.75. The molecule has 0 spiro atoms. The zero-order chi connectivity index (χ0) is 14.4. The van der Waals surface area contributed by atoms with Crippen molar-refractivity contribution in [2.75, 3.05) is 13.1 Å². The number of nitrogens with zero attached hydrogens (tertiary/aromatic N) is 2. The van der Waals surface area contributed by atoms with Crippen molar-refractivity contribution in [3.8, 4) is 12.3 Å². The monoisotopic (exact) mass is 266 g/mol. The number of hydrogen-bond donors (Lipinski definition) is 3. The molecule has 5 N–H and O–H groups in total. The van der Waals surface area contributed by atoms with Crippen LogP contribution in [0, 0.1) is 18.3 Å². The summed E-state index contributed by atoms with van der Waals surface area (Å²) in [7, 11) is 0. The van der Waals surface area contributed by atoms with Crippen molar-refractivity contribution in [2.24, 2.45) is 22.4 Å². The highest BCUT2D eigenvalue weighted by molar-refractivity contribution is 5.98. The summed E-state index contributed by atoms with van der Waals surface area (Å²) < 4.78 is 0. The topological polar surface area (TPSA) is 122 Å². The standard InChI is InChI=1S/C12H18N4O3/c1-2-8-6-10(17)16(7-8)12(14)15-5-3-4-9(13)11(18)19/h1,8-9H,3-7,13H2,(H2,14,15)(H,18,19)/t8?,9-/m0/s1. The molecule has 0 aromatic carbocycles. The quantitative estimate of drug-likeness (QED) is 0.254. The number of carboxylic acids is 1. The Morgan fingerprint density at radius 1 is 1.68 bits per heavy atom. The van der Waals surface area contributed by atoms with Gasteiger partial charge in [0.25, 0.3) is 0 Å². The zero-order valence-corrected chi connectivity index (χ0v) is 10.6. The molecule has 19 heavy (non-hydrogen) atoms. The third kappa shape index (κ3) is 4.26. The second kappa shape index (κ2) is 6.75. The molecule has 1 rings (SSSR count). The maximum absolute atomic E-state index is 11.6. The predicted molar refractivity (Wildman–Crippen MR) is 70.0 cm³/mol. The summed E-state index contributed by atoms with van der Waals surface area (Å²) in [5.41, 5.74) is 11.0. The molecular formula is C12H18N4O3. The molecule has 7 nitrogen and oxygen atoms in total. The number of carbonyl (C=O) groups is 2. The van der Waals surface area contributed by atoms with Crippen LogP contribution in [0.5, 0.6) is 0 Å². The lowest BCUT2D eigenvalue weighted by atomic mass is 10.1. The van der Waals surface area contributed by atoms with E-state index in [-0.39, 0.29) is 24.2 Å². The van der Waals surface area contributed by atoms with E-state index in [4.69, 9.17) is 23.0 Å². The second-order valence-electron chi connectivity index (χ2n) is 4.40. The van der Waals surface area contributed by atoms with Crippen LogP contribution in [0.3, 0.4) is 0 Å². The Labute approximate surface area is 111 Å². The number of nitrogens with two attached hydrogens (primary N) is 2. The highest BCUT2D eigenvalue weighted by Gasteiger charge is 2.30. The lowest BCUT2D eigenvalue weighted by Gasteiger charge is -2.14.